The van der Waals surface area contributed by atoms with Crippen LogP contribution >= 0.6 is 22.9 Å². The molecule has 2 N–H and O–H groups in total. The average Bonchev–Trinajstić information content (AvgIpc) is 3.24. The van der Waals surface area contributed by atoms with Crippen LogP contribution in [0, 0.1) is 5.92 Å². The van der Waals surface area contributed by atoms with E-state index in [9.17, 15) is 14.4 Å². The first-order chi connectivity index (χ1) is 14.5. The first-order valence-electron chi connectivity index (χ1n) is 9.44. The number of benzene rings is 1. The maximum Gasteiger partial charge on any atom is 0.286 e. The van der Waals surface area contributed by atoms with Gasteiger partial charge in [0.25, 0.3) is 11.8 Å². The van der Waals surface area contributed by atoms with Gasteiger partial charge >= 0.3 is 0 Å². The molecule has 160 valence electrons. The average molecular weight is 452 g/mol. The predicted molar refractivity (Wildman–Crippen MR) is 113 cm³/mol. The Hall–Kier alpha value is -2.56. The Kier molecular flexibility index (Phi) is 7.72. The highest BCUT2D eigenvalue weighted by Gasteiger charge is 2.30. The van der Waals surface area contributed by atoms with Crippen molar-refractivity contribution in [2.24, 2.45) is 5.92 Å². The van der Waals surface area contributed by atoms with Crippen molar-refractivity contribution in [3.05, 3.63) is 39.3 Å². The lowest BCUT2D eigenvalue weighted by Crippen LogP contribution is -2.45. The van der Waals surface area contributed by atoms with Crippen LogP contribution in [0.1, 0.15) is 32.4 Å². The van der Waals surface area contributed by atoms with Crippen molar-refractivity contribution < 1.29 is 19.1 Å². The molecule has 0 spiro atoms. The molecule has 9 nitrogen and oxygen atoms in total. The molecule has 1 atom stereocenters. The van der Waals surface area contributed by atoms with Crippen molar-refractivity contribution in [2.45, 2.75) is 12.8 Å². The first-order valence-corrected chi connectivity index (χ1v) is 10.6. The van der Waals surface area contributed by atoms with Gasteiger partial charge in [-0.1, -0.05) is 29.0 Å². The van der Waals surface area contributed by atoms with Crippen LogP contribution in [-0.2, 0) is 9.53 Å². The molecule has 0 bridgehead atoms. The Morgan fingerprint density at radius 3 is 2.87 bits per heavy atom. The quantitative estimate of drug-likeness (QED) is 0.623. The number of hydrogen-bond donors (Lipinski definition) is 2. The summed E-state index contributed by atoms with van der Waals surface area (Å²) in [6, 6.07) is 6.72. The summed E-state index contributed by atoms with van der Waals surface area (Å²) >= 11 is 6.83. The van der Waals surface area contributed by atoms with Crippen molar-refractivity contribution in [1.82, 2.24) is 20.4 Å². The third-order valence-electron chi connectivity index (χ3n) is 4.57. The number of nitrogens with one attached hydrogen (secondary N) is 2. The van der Waals surface area contributed by atoms with Crippen LogP contribution in [-0.4, -0.2) is 66.2 Å². The van der Waals surface area contributed by atoms with Crippen LogP contribution in [0.3, 0.4) is 0 Å². The molecule has 30 heavy (non-hydrogen) atoms. The summed E-state index contributed by atoms with van der Waals surface area (Å²) in [5, 5.41) is 13.9. The highest BCUT2D eigenvalue weighted by Crippen LogP contribution is 2.21. The minimum atomic E-state index is -0.470. The molecule has 3 rings (SSSR count). The molecule has 2 heterocycles. The molecule has 1 aliphatic heterocycles. The molecule has 2 aromatic rings. The second kappa shape index (κ2) is 10.5. The summed E-state index contributed by atoms with van der Waals surface area (Å²) < 4.78 is 4.93. The van der Waals surface area contributed by atoms with E-state index in [2.05, 4.69) is 20.8 Å². The zero-order valence-corrected chi connectivity index (χ0v) is 18.0. The topological polar surface area (TPSA) is 114 Å². The second-order valence-corrected chi connectivity index (χ2v) is 8.16. The van der Waals surface area contributed by atoms with Crippen LogP contribution in [0.25, 0.3) is 0 Å². The smallest absolute Gasteiger partial charge is 0.286 e. The molecular formula is C19H22ClN5O4S. The number of amides is 3. The summed E-state index contributed by atoms with van der Waals surface area (Å²) in [5.41, 5.74) is 0.522. The Bertz CT molecular complexity index is 922. The lowest BCUT2D eigenvalue weighted by atomic mass is 9.97. The highest BCUT2D eigenvalue weighted by molar-refractivity contribution is 7.15. The summed E-state index contributed by atoms with van der Waals surface area (Å²) in [4.78, 5) is 39.0. The number of halogens is 1. The number of hydrogen-bond acceptors (Lipinski definition) is 7. The molecule has 1 fully saturated rings. The molecule has 0 saturated carbocycles. The van der Waals surface area contributed by atoms with Crippen LogP contribution in [0.4, 0.5) is 5.69 Å². The standard InChI is InChI=1S/C19H22ClN5O4S/c1-29-9-7-21-15(26)12-4-3-8-25(11-12)19(28)18-24-23-17(30-18)16(27)22-14-6-2-5-13(20)10-14/h2,5-6,10,12H,3-4,7-9,11H2,1H3,(H,21,26)(H,22,27)/t12-/m1/s1. The Morgan fingerprint density at radius 1 is 1.30 bits per heavy atom. The monoisotopic (exact) mass is 451 g/mol. The van der Waals surface area contributed by atoms with Crippen molar-refractivity contribution in [2.75, 3.05) is 38.7 Å². The van der Waals surface area contributed by atoms with E-state index in [0.29, 0.717) is 43.4 Å². The van der Waals surface area contributed by atoms with Gasteiger partial charge < -0.3 is 20.3 Å². The van der Waals surface area contributed by atoms with E-state index < -0.39 is 5.91 Å². The zero-order chi connectivity index (χ0) is 21.5. The maximum atomic E-state index is 12.8. The van der Waals surface area contributed by atoms with Crippen LogP contribution in [0.2, 0.25) is 5.02 Å². The fraction of sp³-hybridized carbons (Fsp3) is 0.421. The van der Waals surface area contributed by atoms with E-state index in [4.69, 9.17) is 16.3 Å². The second-order valence-electron chi connectivity index (χ2n) is 6.75. The van der Waals surface area contributed by atoms with E-state index >= 15 is 0 Å². The number of ether oxygens (including phenoxy) is 1. The molecular weight excluding hydrogens is 430 g/mol. The zero-order valence-electron chi connectivity index (χ0n) is 16.4. The molecule has 0 aliphatic carbocycles. The number of anilines is 1. The number of piperidine rings is 1. The third kappa shape index (κ3) is 5.74. The summed E-state index contributed by atoms with van der Waals surface area (Å²) in [6.07, 6.45) is 1.43. The van der Waals surface area contributed by atoms with Crippen LogP contribution in [0.5, 0.6) is 0 Å². The van der Waals surface area contributed by atoms with Gasteiger partial charge in [-0.15, -0.1) is 10.2 Å². The summed E-state index contributed by atoms with van der Waals surface area (Å²) in [6.45, 7) is 1.71. The number of nitrogens with zero attached hydrogens (tertiary/aromatic N) is 3. The van der Waals surface area contributed by atoms with E-state index in [1.807, 2.05) is 0 Å². The van der Waals surface area contributed by atoms with Gasteiger partial charge in [-0.2, -0.15) is 0 Å². The van der Waals surface area contributed by atoms with E-state index in [1.54, 1.807) is 36.3 Å². The fourth-order valence-electron chi connectivity index (χ4n) is 3.08. The minimum absolute atomic E-state index is 0.0733. The molecule has 3 amide bonds. The third-order valence-corrected chi connectivity index (χ3v) is 5.71. The lowest BCUT2D eigenvalue weighted by Gasteiger charge is -2.31. The van der Waals surface area contributed by atoms with Crippen molar-refractivity contribution in [1.29, 1.82) is 0 Å². The van der Waals surface area contributed by atoms with Gasteiger partial charge in [-0.3, -0.25) is 14.4 Å². The summed E-state index contributed by atoms with van der Waals surface area (Å²) in [5.74, 6) is -1.17. The van der Waals surface area contributed by atoms with Gasteiger partial charge in [0.15, 0.2) is 0 Å². The predicted octanol–water partition coefficient (Wildman–Crippen LogP) is 2.06. The van der Waals surface area contributed by atoms with Crippen molar-refractivity contribution >= 4 is 46.3 Å². The Balaban J connectivity index is 1.59. The first kappa shape index (κ1) is 22.1. The lowest BCUT2D eigenvalue weighted by molar-refractivity contribution is -0.126. The molecule has 1 saturated heterocycles. The van der Waals surface area contributed by atoms with Crippen molar-refractivity contribution in [3.8, 4) is 0 Å². The molecule has 0 unspecified atom stereocenters. The summed E-state index contributed by atoms with van der Waals surface area (Å²) in [7, 11) is 1.57. The van der Waals surface area contributed by atoms with Gasteiger partial charge in [-0.25, -0.2) is 0 Å². The Morgan fingerprint density at radius 2 is 2.10 bits per heavy atom. The van der Waals surface area contributed by atoms with Gasteiger partial charge in [0.2, 0.25) is 15.9 Å². The van der Waals surface area contributed by atoms with Gasteiger partial charge in [0, 0.05) is 37.5 Å². The largest absolute Gasteiger partial charge is 0.383 e. The number of methoxy groups -OCH3 is 1. The van der Waals surface area contributed by atoms with Gasteiger partial charge in [0.05, 0.1) is 12.5 Å². The number of aromatic nitrogens is 2. The van der Waals surface area contributed by atoms with E-state index in [1.165, 1.54) is 0 Å². The number of rotatable bonds is 7. The van der Waals surface area contributed by atoms with Crippen LogP contribution < -0.4 is 10.6 Å². The van der Waals surface area contributed by atoms with Crippen molar-refractivity contribution in [3.63, 3.8) is 0 Å². The highest BCUT2D eigenvalue weighted by atomic mass is 35.5. The number of carbonyl (C=O) groups excluding carboxylic acids is 3. The maximum absolute atomic E-state index is 12.8. The Labute approximate surface area is 182 Å². The van der Waals surface area contributed by atoms with Gasteiger partial charge in [-0.05, 0) is 31.0 Å². The van der Waals surface area contributed by atoms with Gasteiger partial charge in [0.1, 0.15) is 0 Å². The molecule has 11 heteroatoms. The molecule has 1 aromatic carbocycles. The molecule has 1 aromatic heterocycles. The normalized spacial score (nSPS) is 16.2. The number of likely N-dealkylation sites (tertiary alicyclic amines) is 1. The van der Waals surface area contributed by atoms with E-state index in [-0.39, 0.29) is 27.7 Å². The number of carbonyl (C=O) groups is 3. The molecule has 0 radical (unpaired) electrons. The molecule has 1 aliphatic rings. The SMILES string of the molecule is COCCNC(=O)[C@@H]1CCCN(C(=O)c2nnc(C(=O)Nc3cccc(Cl)c3)s2)C1. The minimum Gasteiger partial charge on any atom is -0.383 e. The fourth-order valence-corrected chi connectivity index (χ4v) is 3.98. The van der Waals surface area contributed by atoms with Crippen LogP contribution in [0.15, 0.2) is 24.3 Å². The van der Waals surface area contributed by atoms with E-state index in [0.717, 1.165) is 17.8 Å².